The Bertz CT molecular complexity index is 770. The van der Waals surface area contributed by atoms with Gasteiger partial charge in [-0.15, -0.1) is 0 Å². The van der Waals surface area contributed by atoms with E-state index >= 15 is 0 Å². The number of aryl methyl sites for hydroxylation is 1. The lowest BCUT2D eigenvalue weighted by Gasteiger charge is -2.08. The second-order valence-corrected chi connectivity index (χ2v) is 4.75. The van der Waals surface area contributed by atoms with E-state index in [1.165, 1.54) is 0 Å². The predicted octanol–water partition coefficient (Wildman–Crippen LogP) is 1.32. The van der Waals surface area contributed by atoms with Crippen molar-refractivity contribution in [3.8, 4) is 5.75 Å². The second kappa shape index (κ2) is 7.21. The summed E-state index contributed by atoms with van der Waals surface area (Å²) in [5.74, 6) is -0.301. The summed E-state index contributed by atoms with van der Waals surface area (Å²) in [5.41, 5.74) is 3.67. The van der Waals surface area contributed by atoms with E-state index in [0.29, 0.717) is 18.8 Å². The standard InChI is InChI=1S/C15H15N3O5/c16-14(19)13-9-11(18(21)22)10-17(15(13)20)7-4-8-23-12-5-2-1-3-6-12/h1-3,5-6,9-10H,4,7-8H2,(H2,16,19). The van der Waals surface area contributed by atoms with Gasteiger partial charge in [0.15, 0.2) is 0 Å². The van der Waals surface area contributed by atoms with Crippen LogP contribution in [-0.2, 0) is 6.54 Å². The summed E-state index contributed by atoms with van der Waals surface area (Å²) in [6, 6.07) is 10.0. The van der Waals surface area contributed by atoms with Crippen molar-refractivity contribution in [1.82, 2.24) is 4.57 Å². The summed E-state index contributed by atoms with van der Waals surface area (Å²) >= 11 is 0. The number of primary amides is 1. The van der Waals surface area contributed by atoms with Gasteiger partial charge in [0.25, 0.3) is 17.2 Å². The molecule has 2 aromatic rings. The lowest BCUT2D eigenvalue weighted by molar-refractivity contribution is -0.385. The van der Waals surface area contributed by atoms with Crippen molar-refractivity contribution in [2.75, 3.05) is 6.61 Å². The largest absolute Gasteiger partial charge is 0.494 e. The van der Waals surface area contributed by atoms with Gasteiger partial charge in [0, 0.05) is 12.6 Å². The number of carbonyl (C=O) groups excluding carboxylic acids is 1. The van der Waals surface area contributed by atoms with Crippen molar-refractivity contribution in [1.29, 1.82) is 0 Å². The molecule has 0 aliphatic heterocycles. The molecular formula is C15H15N3O5. The molecule has 120 valence electrons. The Morgan fingerprint density at radius 2 is 2.00 bits per heavy atom. The maximum atomic E-state index is 12.0. The van der Waals surface area contributed by atoms with Gasteiger partial charge in [-0.25, -0.2) is 0 Å². The van der Waals surface area contributed by atoms with Gasteiger partial charge < -0.3 is 15.0 Å². The Hall–Kier alpha value is -3.16. The summed E-state index contributed by atoms with van der Waals surface area (Å²) in [6.07, 6.45) is 1.53. The topological polar surface area (TPSA) is 117 Å². The van der Waals surface area contributed by atoms with Crippen LogP contribution in [0.5, 0.6) is 5.75 Å². The van der Waals surface area contributed by atoms with Gasteiger partial charge in [-0.1, -0.05) is 18.2 Å². The van der Waals surface area contributed by atoms with Crippen molar-refractivity contribution in [3.05, 3.63) is 68.6 Å². The number of hydrogen-bond donors (Lipinski definition) is 1. The summed E-state index contributed by atoms with van der Waals surface area (Å²) in [5, 5.41) is 10.9. The molecule has 1 aromatic carbocycles. The third kappa shape index (κ3) is 4.16. The van der Waals surface area contributed by atoms with E-state index in [1.807, 2.05) is 18.2 Å². The first-order chi connectivity index (χ1) is 11.0. The molecule has 0 fully saturated rings. The van der Waals surface area contributed by atoms with Crippen molar-refractivity contribution >= 4 is 11.6 Å². The van der Waals surface area contributed by atoms with Crippen LogP contribution in [0.25, 0.3) is 0 Å². The van der Waals surface area contributed by atoms with E-state index in [1.54, 1.807) is 12.1 Å². The molecule has 0 aliphatic carbocycles. The number of nitro groups is 1. The summed E-state index contributed by atoms with van der Waals surface area (Å²) < 4.78 is 6.59. The van der Waals surface area contributed by atoms with Crippen LogP contribution in [-0.4, -0.2) is 22.0 Å². The molecule has 0 saturated carbocycles. The fourth-order valence-corrected chi connectivity index (χ4v) is 2.00. The summed E-state index contributed by atoms with van der Waals surface area (Å²) in [6.45, 7) is 0.499. The molecule has 0 unspecified atom stereocenters. The predicted molar refractivity (Wildman–Crippen MR) is 82.4 cm³/mol. The Kier molecular flexibility index (Phi) is 5.08. The molecule has 8 heteroatoms. The summed E-state index contributed by atoms with van der Waals surface area (Å²) in [4.78, 5) is 33.5. The smallest absolute Gasteiger partial charge is 0.286 e. The highest BCUT2D eigenvalue weighted by Crippen LogP contribution is 2.11. The second-order valence-electron chi connectivity index (χ2n) is 4.75. The Labute approximate surface area is 131 Å². The van der Waals surface area contributed by atoms with Gasteiger partial charge in [-0.2, -0.15) is 0 Å². The van der Waals surface area contributed by atoms with Gasteiger partial charge >= 0.3 is 0 Å². The molecule has 0 bridgehead atoms. The molecule has 1 amide bonds. The molecule has 2 N–H and O–H groups in total. The van der Waals surface area contributed by atoms with Crippen LogP contribution in [0, 0.1) is 10.1 Å². The zero-order valence-corrected chi connectivity index (χ0v) is 12.2. The molecule has 0 atom stereocenters. The fourth-order valence-electron chi connectivity index (χ4n) is 2.00. The molecule has 0 saturated heterocycles. The van der Waals surface area contributed by atoms with E-state index in [2.05, 4.69) is 0 Å². The molecular weight excluding hydrogens is 302 g/mol. The Morgan fingerprint density at radius 1 is 1.30 bits per heavy atom. The SMILES string of the molecule is NC(=O)c1cc([N+](=O)[O-])cn(CCCOc2ccccc2)c1=O. The number of amides is 1. The van der Waals surface area contributed by atoms with E-state index in [0.717, 1.165) is 16.8 Å². The normalized spacial score (nSPS) is 10.3. The maximum Gasteiger partial charge on any atom is 0.286 e. The minimum absolute atomic E-state index is 0.174. The Morgan fingerprint density at radius 3 is 2.61 bits per heavy atom. The number of ether oxygens (including phenoxy) is 1. The van der Waals surface area contributed by atoms with Gasteiger partial charge in [-0.05, 0) is 18.6 Å². The number of nitrogens with two attached hydrogens (primary N) is 1. The van der Waals surface area contributed by atoms with Gasteiger partial charge in [-0.3, -0.25) is 19.7 Å². The number of nitrogens with zero attached hydrogens (tertiary/aromatic N) is 2. The third-order valence-corrected chi connectivity index (χ3v) is 3.10. The number of pyridine rings is 1. The minimum Gasteiger partial charge on any atom is -0.494 e. The zero-order chi connectivity index (χ0) is 16.8. The van der Waals surface area contributed by atoms with Crippen LogP contribution in [0.15, 0.2) is 47.4 Å². The first kappa shape index (κ1) is 16.2. The highest BCUT2D eigenvalue weighted by molar-refractivity contribution is 5.92. The van der Waals surface area contributed by atoms with E-state index in [4.69, 9.17) is 10.5 Å². The highest BCUT2D eigenvalue weighted by atomic mass is 16.6. The quantitative estimate of drug-likeness (QED) is 0.469. The summed E-state index contributed by atoms with van der Waals surface area (Å²) in [7, 11) is 0. The molecule has 1 heterocycles. The average Bonchev–Trinajstić information content (AvgIpc) is 2.53. The fraction of sp³-hybridized carbons (Fsp3) is 0.200. The van der Waals surface area contributed by atoms with Crippen molar-refractivity contribution < 1.29 is 14.5 Å². The van der Waals surface area contributed by atoms with Crippen molar-refractivity contribution in [2.24, 2.45) is 5.73 Å². The average molecular weight is 317 g/mol. The Balaban J connectivity index is 2.08. The van der Waals surface area contributed by atoms with Crippen LogP contribution in [0.1, 0.15) is 16.8 Å². The first-order valence-corrected chi connectivity index (χ1v) is 6.85. The highest BCUT2D eigenvalue weighted by Gasteiger charge is 2.17. The van der Waals surface area contributed by atoms with Gasteiger partial charge in [0.05, 0.1) is 17.7 Å². The van der Waals surface area contributed by atoms with Crippen LogP contribution < -0.4 is 16.0 Å². The first-order valence-electron chi connectivity index (χ1n) is 6.85. The lowest BCUT2D eigenvalue weighted by atomic mass is 10.2. The number of rotatable bonds is 7. The monoisotopic (exact) mass is 317 g/mol. The van der Waals surface area contributed by atoms with E-state index in [-0.39, 0.29) is 12.2 Å². The zero-order valence-electron chi connectivity index (χ0n) is 12.2. The minimum atomic E-state index is -0.993. The molecule has 0 radical (unpaired) electrons. The number of hydrogen-bond acceptors (Lipinski definition) is 5. The van der Waals surface area contributed by atoms with Crippen LogP contribution in [0.2, 0.25) is 0 Å². The molecule has 0 aliphatic rings. The number of benzene rings is 1. The van der Waals surface area contributed by atoms with E-state index in [9.17, 15) is 19.7 Å². The van der Waals surface area contributed by atoms with Gasteiger partial charge in [0.2, 0.25) is 0 Å². The molecule has 8 nitrogen and oxygen atoms in total. The van der Waals surface area contributed by atoms with Crippen molar-refractivity contribution in [2.45, 2.75) is 13.0 Å². The molecule has 2 rings (SSSR count). The van der Waals surface area contributed by atoms with Crippen molar-refractivity contribution in [3.63, 3.8) is 0 Å². The van der Waals surface area contributed by atoms with E-state index < -0.39 is 22.0 Å². The van der Waals surface area contributed by atoms with Gasteiger partial charge in [0.1, 0.15) is 11.3 Å². The molecule has 0 spiro atoms. The van der Waals surface area contributed by atoms with Crippen LogP contribution in [0.4, 0.5) is 5.69 Å². The number of para-hydroxylation sites is 1. The number of carbonyl (C=O) groups is 1. The number of aromatic nitrogens is 1. The molecule has 23 heavy (non-hydrogen) atoms. The third-order valence-electron chi connectivity index (χ3n) is 3.10. The van der Waals surface area contributed by atoms with Crippen LogP contribution in [0.3, 0.4) is 0 Å². The maximum absolute atomic E-state index is 12.0. The van der Waals surface area contributed by atoms with Crippen LogP contribution >= 0.6 is 0 Å². The molecule has 1 aromatic heterocycles. The lowest BCUT2D eigenvalue weighted by Crippen LogP contribution is -2.30.